The van der Waals surface area contributed by atoms with Crippen LogP contribution in [0.1, 0.15) is 111 Å². The maximum atomic E-state index is 5.47. The second kappa shape index (κ2) is 31.7. The molecule has 0 aliphatic rings. The number of allylic oxidation sites excluding steroid dienone is 2. The summed E-state index contributed by atoms with van der Waals surface area (Å²) in [5.41, 5.74) is 5.47. The van der Waals surface area contributed by atoms with Gasteiger partial charge in [0.1, 0.15) is 0 Å². The van der Waals surface area contributed by atoms with Crippen LogP contribution >= 0.6 is 12.4 Å². The van der Waals surface area contributed by atoms with Crippen molar-refractivity contribution in [1.82, 2.24) is 5.32 Å². The quantitative estimate of drug-likeness (QED) is 0.211. The van der Waals surface area contributed by atoms with Gasteiger partial charge in [-0.15, -0.1) is 12.4 Å². The van der Waals surface area contributed by atoms with Crippen molar-refractivity contribution in [3.05, 3.63) is 12.2 Å². The molecule has 0 aromatic heterocycles. The molecule has 0 bridgehead atoms. The fourth-order valence-corrected chi connectivity index (χ4v) is 2.64. The predicted octanol–water partition coefficient (Wildman–Crippen LogP) is 7.02. The minimum atomic E-state index is 0. The van der Waals surface area contributed by atoms with E-state index in [4.69, 9.17) is 5.73 Å². The lowest BCUT2D eigenvalue weighted by atomic mass is 10.1. The Labute approximate surface area is 166 Å². The molecule has 0 fully saturated rings. The van der Waals surface area contributed by atoms with Crippen LogP contribution in [-0.4, -0.2) is 19.6 Å². The standard InChI is InChI=1S/C18H37N.C4H11N.ClH/c1-2-3-4-5-6-7-8-9-10-11-12-13-14-15-16-17-18-19;1-3-5-4-2;/h9-10H,2-8,11-19H2,1H3;5H,3-4H2,1-2H3;1H. The van der Waals surface area contributed by atoms with Crippen molar-refractivity contribution < 1.29 is 0 Å². The molecule has 0 unspecified atom stereocenters. The highest BCUT2D eigenvalue weighted by Gasteiger charge is 1.90. The van der Waals surface area contributed by atoms with Gasteiger partial charge in [-0.2, -0.15) is 0 Å². The van der Waals surface area contributed by atoms with Crippen molar-refractivity contribution in [1.29, 1.82) is 0 Å². The van der Waals surface area contributed by atoms with Crippen molar-refractivity contribution in [2.24, 2.45) is 5.73 Å². The third kappa shape index (κ3) is 35.8. The van der Waals surface area contributed by atoms with E-state index in [9.17, 15) is 0 Å². The topological polar surface area (TPSA) is 38.0 Å². The molecule has 0 amide bonds. The smallest absolute Gasteiger partial charge is 0.00773 e. The van der Waals surface area contributed by atoms with Gasteiger partial charge in [-0.1, -0.05) is 90.7 Å². The number of nitrogens with two attached hydrogens (primary N) is 1. The zero-order chi connectivity index (χ0) is 18.1. The first-order chi connectivity index (χ1) is 11.8. The van der Waals surface area contributed by atoms with Crippen LogP contribution < -0.4 is 11.1 Å². The lowest BCUT2D eigenvalue weighted by Gasteiger charge is -1.99. The highest BCUT2D eigenvalue weighted by molar-refractivity contribution is 5.85. The van der Waals surface area contributed by atoms with Crippen LogP contribution in [0.4, 0.5) is 0 Å². The first-order valence-electron chi connectivity index (χ1n) is 10.9. The Hall–Kier alpha value is -0.0500. The second-order valence-corrected chi connectivity index (χ2v) is 6.68. The van der Waals surface area contributed by atoms with E-state index in [1.807, 2.05) is 0 Å². The maximum absolute atomic E-state index is 5.47. The van der Waals surface area contributed by atoms with Crippen molar-refractivity contribution in [2.75, 3.05) is 19.6 Å². The molecule has 2 nitrogen and oxygen atoms in total. The van der Waals surface area contributed by atoms with Crippen LogP contribution in [0.5, 0.6) is 0 Å². The van der Waals surface area contributed by atoms with Crippen molar-refractivity contribution in [3.63, 3.8) is 0 Å². The molecule has 0 spiro atoms. The number of nitrogens with one attached hydrogen (secondary N) is 1. The van der Waals surface area contributed by atoms with E-state index in [-0.39, 0.29) is 12.4 Å². The highest BCUT2D eigenvalue weighted by Crippen LogP contribution is 2.09. The van der Waals surface area contributed by atoms with Crippen LogP contribution in [0, 0.1) is 0 Å². The van der Waals surface area contributed by atoms with Gasteiger partial charge in [0, 0.05) is 0 Å². The molecule has 0 atom stereocenters. The predicted molar refractivity (Wildman–Crippen MR) is 120 cm³/mol. The fourth-order valence-electron chi connectivity index (χ4n) is 2.64. The van der Waals surface area contributed by atoms with E-state index in [2.05, 4.69) is 38.2 Å². The molecule has 3 heteroatoms. The van der Waals surface area contributed by atoms with Crippen molar-refractivity contribution in [2.45, 2.75) is 111 Å². The molecule has 0 radical (unpaired) electrons. The van der Waals surface area contributed by atoms with Gasteiger partial charge in [0.25, 0.3) is 0 Å². The van der Waals surface area contributed by atoms with Crippen LogP contribution in [0.25, 0.3) is 0 Å². The molecule has 0 saturated heterocycles. The Balaban J connectivity index is -0.000000704. The molecule has 0 aromatic carbocycles. The first kappa shape index (κ1) is 29.7. The minimum absolute atomic E-state index is 0. The van der Waals surface area contributed by atoms with E-state index in [1.165, 1.54) is 89.9 Å². The summed E-state index contributed by atoms with van der Waals surface area (Å²) in [7, 11) is 0. The molecular weight excluding hydrogens is 328 g/mol. The van der Waals surface area contributed by atoms with Crippen LogP contribution in [-0.2, 0) is 0 Å². The molecule has 0 aliphatic heterocycles. The third-order valence-electron chi connectivity index (χ3n) is 4.22. The normalized spacial score (nSPS) is 10.4. The van der Waals surface area contributed by atoms with E-state index in [0.717, 1.165) is 19.6 Å². The summed E-state index contributed by atoms with van der Waals surface area (Å²) < 4.78 is 0. The average Bonchev–Trinajstić information content (AvgIpc) is 2.60. The summed E-state index contributed by atoms with van der Waals surface area (Å²) in [6, 6.07) is 0. The summed E-state index contributed by atoms with van der Waals surface area (Å²) in [5, 5.41) is 3.11. The lowest BCUT2D eigenvalue weighted by Crippen LogP contribution is -2.09. The number of unbranched alkanes of at least 4 members (excludes halogenated alkanes) is 12. The van der Waals surface area contributed by atoms with Gasteiger partial charge < -0.3 is 11.1 Å². The molecule has 0 aromatic rings. The maximum Gasteiger partial charge on any atom is -0.00773 e. The monoisotopic (exact) mass is 376 g/mol. The van der Waals surface area contributed by atoms with Gasteiger partial charge in [-0.3, -0.25) is 0 Å². The summed E-state index contributed by atoms with van der Waals surface area (Å²) in [6.07, 6.45) is 23.9. The molecular formula is C22H49ClN2. The Bertz CT molecular complexity index is 218. The van der Waals surface area contributed by atoms with Gasteiger partial charge in [-0.25, -0.2) is 0 Å². The van der Waals surface area contributed by atoms with Gasteiger partial charge in [0.05, 0.1) is 0 Å². The molecule has 25 heavy (non-hydrogen) atoms. The van der Waals surface area contributed by atoms with Gasteiger partial charge in [-0.05, 0) is 51.7 Å². The largest absolute Gasteiger partial charge is 0.330 e. The zero-order valence-electron chi connectivity index (χ0n) is 17.7. The van der Waals surface area contributed by atoms with Crippen molar-refractivity contribution in [3.8, 4) is 0 Å². The number of rotatable bonds is 17. The van der Waals surface area contributed by atoms with E-state index in [0.29, 0.717) is 0 Å². The number of hydrogen-bond donors (Lipinski definition) is 2. The minimum Gasteiger partial charge on any atom is -0.330 e. The summed E-state index contributed by atoms with van der Waals surface area (Å²) in [6.45, 7) is 9.53. The van der Waals surface area contributed by atoms with Crippen LogP contribution in [0.3, 0.4) is 0 Å². The molecule has 0 rings (SSSR count). The third-order valence-corrected chi connectivity index (χ3v) is 4.22. The second-order valence-electron chi connectivity index (χ2n) is 6.68. The Morgan fingerprint density at radius 2 is 1.00 bits per heavy atom. The van der Waals surface area contributed by atoms with Gasteiger partial charge in [0.2, 0.25) is 0 Å². The van der Waals surface area contributed by atoms with E-state index in [1.54, 1.807) is 0 Å². The van der Waals surface area contributed by atoms with E-state index < -0.39 is 0 Å². The number of hydrogen-bond acceptors (Lipinski definition) is 2. The SMILES string of the molecule is CCCCCCCCC=CCCCCCCCCN.CCNCC.Cl. The molecule has 0 aliphatic carbocycles. The summed E-state index contributed by atoms with van der Waals surface area (Å²) in [5.74, 6) is 0. The van der Waals surface area contributed by atoms with Crippen molar-refractivity contribution >= 4 is 12.4 Å². The summed E-state index contributed by atoms with van der Waals surface area (Å²) >= 11 is 0. The summed E-state index contributed by atoms with van der Waals surface area (Å²) in [4.78, 5) is 0. The average molecular weight is 377 g/mol. The molecule has 0 heterocycles. The molecule has 3 N–H and O–H groups in total. The fraction of sp³-hybridized carbons (Fsp3) is 0.909. The van der Waals surface area contributed by atoms with Gasteiger partial charge in [0.15, 0.2) is 0 Å². The first-order valence-corrected chi connectivity index (χ1v) is 10.9. The number of halogens is 1. The van der Waals surface area contributed by atoms with E-state index >= 15 is 0 Å². The van der Waals surface area contributed by atoms with Crippen LogP contribution in [0.15, 0.2) is 12.2 Å². The Morgan fingerprint density at radius 3 is 1.36 bits per heavy atom. The Kier molecular flexibility index (Phi) is 37.7. The molecule has 154 valence electrons. The molecule has 0 saturated carbocycles. The zero-order valence-corrected chi connectivity index (χ0v) is 18.5. The lowest BCUT2D eigenvalue weighted by molar-refractivity contribution is 0.599. The Morgan fingerprint density at radius 1 is 0.600 bits per heavy atom. The van der Waals surface area contributed by atoms with Gasteiger partial charge >= 0.3 is 0 Å². The van der Waals surface area contributed by atoms with Crippen LogP contribution in [0.2, 0.25) is 0 Å². The highest BCUT2D eigenvalue weighted by atomic mass is 35.5.